The van der Waals surface area contributed by atoms with Crippen LogP contribution in [0.1, 0.15) is 11.4 Å². The van der Waals surface area contributed by atoms with Crippen molar-refractivity contribution < 1.29 is 17.9 Å². The van der Waals surface area contributed by atoms with Crippen molar-refractivity contribution in [2.75, 3.05) is 50.5 Å². The van der Waals surface area contributed by atoms with Gasteiger partial charge in [-0.2, -0.15) is 0 Å². The minimum absolute atomic E-state index is 0.0379. The Labute approximate surface area is 241 Å². The molecule has 12 heteroatoms. The number of benzene rings is 2. The number of halogens is 1. The molecule has 40 heavy (non-hydrogen) atoms. The second-order valence-corrected chi connectivity index (χ2v) is 13.5. The van der Waals surface area contributed by atoms with Gasteiger partial charge in [-0.1, -0.05) is 23.7 Å². The van der Waals surface area contributed by atoms with Gasteiger partial charge >= 0.3 is 0 Å². The molecule has 210 valence electrons. The summed E-state index contributed by atoms with van der Waals surface area (Å²) in [5.74, 6) is -0.483. The molecule has 2 aromatic carbocycles. The number of carbonyl (C=O) groups is 1. The molecule has 1 fully saturated rings. The summed E-state index contributed by atoms with van der Waals surface area (Å²) in [6.07, 6.45) is -0.0379. The number of aryl methyl sites for hydroxylation is 1. The second-order valence-electron chi connectivity index (χ2n) is 9.61. The Hall–Kier alpha value is -3.09. The topological polar surface area (TPSA) is 111 Å². The highest BCUT2D eigenvalue weighted by atomic mass is 35.5. The minimum atomic E-state index is -3.74. The van der Waals surface area contributed by atoms with Crippen LogP contribution < -0.4 is 10.9 Å². The maximum Gasteiger partial charge on any atom is 0.265 e. The van der Waals surface area contributed by atoms with E-state index in [9.17, 15) is 18.0 Å². The molecule has 1 aliphatic rings. The third-order valence-electron chi connectivity index (χ3n) is 6.70. The highest BCUT2D eigenvalue weighted by Gasteiger charge is 2.21. The summed E-state index contributed by atoms with van der Waals surface area (Å²) in [6, 6.07) is 15.4. The van der Waals surface area contributed by atoms with Crippen molar-refractivity contribution in [3.63, 3.8) is 0 Å². The van der Waals surface area contributed by atoms with Gasteiger partial charge in [0.2, 0.25) is 0 Å². The van der Waals surface area contributed by atoms with Crippen LogP contribution in [-0.2, 0) is 25.8 Å². The molecule has 0 unspecified atom stereocenters. The van der Waals surface area contributed by atoms with Crippen LogP contribution in [-0.4, -0.2) is 73.8 Å². The molecule has 0 spiro atoms. The normalized spacial score (nSPS) is 14.4. The first-order valence-electron chi connectivity index (χ1n) is 12.9. The fourth-order valence-electron chi connectivity index (χ4n) is 4.68. The van der Waals surface area contributed by atoms with Gasteiger partial charge in [-0.3, -0.25) is 19.1 Å². The Kier molecular flexibility index (Phi) is 8.67. The van der Waals surface area contributed by atoms with Crippen LogP contribution in [0.2, 0.25) is 4.34 Å². The zero-order chi connectivity index (χ0) is 28.3. The fraction of sp³-hybridized carbons (Fsp3) is 0.321. The van der Waals surface area contributed by atoms with Gasteiger partial charge in [-0.05, 0) is 55.0 Å². The van der Waals surface area contributed by atoms with Crippen molar-refractivity contribution in [1.29, 1.82) is 0 Å². The summed E-state index contributed by atoms with van der Waals surface area (Å²) in [6.45, 7) is 6.87. The van der Waals surface area contributed by atoms with Crippen molar-refractivity contribution in [3.05, 3.63) is 80.7 Å². The number of morpholine rings is 1. The third kappa shape index (κ3) is 6.61. The van der Waals surface area contributed by atoms with Gasteiger partial charge in [0.15, 0.2) is 15.6 Å². The molecular weight excluding hydrogens is 572 g/mol. The number of anilines is 1. The summed E-state index contributed by atoms with van der Waals surface area (Å²) in [4.78, 5) is 32.9. The summed E-state index contributed by atoms with van der Waals surface area (Å²) in [5, 5.41) is 3.92. The van der Waals surface area contributed by atoms with Crippen LogP contribution in [0.3, 0.4) is 0 Å². The predicted octanol–water partition coefficient (Wildman–Crippen LogP) is 3.74. The molecule has 0 aliphatic carbocycles. The number of fused-ring (bicyclic) bond motifs is 1. The number of hydrogen-bond acceptors (Lipinski definition) is 9. The van der Waals surface area contributed by atoms with Crippen molar-refractivity contribution >= 4 is 55.1 Å². The number of nitrogens with one attached hydrogen (secondary N) is 1. The monoisotopic (exact) mass is 600 g/mol. The molecule has 0 radical (unpaired) electrons. The summed E-state index contributed by atoms with van der Waals surface area (Å²) >= 11 is 6.77. The number of nitrogens with zero attached hydrogens (tertiary/aromatic N) is 3. The van der Waals surface area contributed by atoms with Gasteiger partial charge in [0.05, 0.1) is 34.1 Å². The Balaban J connectivity index is 1.26. The molecule has 9 nitrogen and oxygen atoms in total. The molecular formula is C28H29ClN4O5S2. The average molecular weight is 601 g/mol. The minimum Gasteiger partial charge on any atom is -0.384 e. The van der Waals surface area contributed by atoms with Crippen LogP contribution in [0.25, 0.3) is 16.6 Å². The van der Waals surface area contributed by atoms with E-state index >= 15 is 0 Å². The predicted molar refractivity (Wildman–Crippen MR) is 158 cm³/mol. The molecule has 0 saturated carbocycles. The van der Waals surface area contributed by atoms with E-state index in [-0.39, 0.29) is 16.2 Å². The van der Waals surface area contributed by atoms with E-state index in [1.165, 1.54) is 16.7 Å². The number of ketones is 1. The van der Waals surface area contributed by atoms with E-state index in [4.69, 9.17) is 16.3 Å². The number of thiophene rings is 1. The third-order valence-corrected chi connectivity index (χ3v) is 10.2. The summed E-state index contributed by atoms with van der Waals surface area (Å²) in [7, 11) is -3.74. The summed E-state index contributed by atoms with van der Waals surface area (Å²) in [5.41, 5.74) is 2.60. The Morgan fingerprint density at radius 2 is 1.85 bits per heavy atom. The standard InChI is InChI=1S/C28H29ClN4O5S2/c1-19-31-25-17-21(30-10-11-32-12-14-38-15-13-32)4-7-24(25)28(35)33(19)22-5-2-20(3-6-22)16-23(34)18-40(36,37)27-9-8-26(29)39-27/h2-9,17,30H,10-16,18H2,1H3. The maximum atomic E-state index is 13.4. The van der Waals surface area contributed by atoms with Gasteiger partial charge < -0.3 is 10.1 Å². The Bertz CT molecular complexity index is 1690. The van der Waals surface area contributed by atoms with E-state index in [1.807, 2.05) is 12.1 Å². The zero-order valence-electron chi connectivity index (χ0n) is 21.9. The molecule has 5 rings (SSSR count). The fourth-order valence-corrected chi connectivity index (χ4v) is 7.49. The SMILES string of the molecule is Cc1nc2cc(NCCN3CCOCC3)ccc2c(=O)n1-c1ccc(CC(=O)CS(=O)(=O)c2ccc(Cl)s2)cc1. The lowest BCUT2D eigenvalue weighted by atomic mass is 10.1. The first kappa shape index (κ1) is 28.4. The molecule has 4 aromatic rings. The Morgan fingerprint density at radius 1 is 1.10 bits per heavy atom. The number of rotatable bonds is 10. The van der Waals surface area contributed by atoms with E-state index in [2.05, 4.69) is 15.2 Å². The molecule has 1 N–H and O–H groups in total. The molecule has 3 heterocycles. The smallest absolute Gasteiger partial charge is 0.265 e. The highest BCUT2D eigenvalue weighted by molar-refractivity contribution is 7.94. The molecule has 0 bridgehead atoms. The number of hydrogen-bond donors (Lipinski definition) is 1. The van der Waals surface area contributed by atoms with Crippen molar-refractivity contribution in [2.45, 2.75) is 17.6 Å². The molecule has 1 saturated heterocycles. The molecule has 0 atom stereocenters. The first-order valence-corrected chi connectivity index (χ1v) is 15.7. The van der Waals surface area contributed by atoms with Gasteiger partial charge in [-0.15, -0.1) is 11.3 Å². The van der Waals surface area contributed by atoms with E-state index < -0.39 is 21.4 Å². The lowest BCUT2D eigenvalue weighted by Gasteiger charge is -2.26. The van der Waals surface area contributed by atoms with Crippen molar-refractivity contribution in [1.82, 2.24) is 14.5 Å². The van der Waals surface area contributed by atoms with Gasteiger partial charge in [-0.25, -0.2) is 13.4 Å². The quantitative estimate of drug-likeness (QED) is 0.293. The first-order chi connectivity index (χ1) is 19.2. The number of carbonyl (C=O) groups excluding carboxylic acids is 1. The van der Waals surface area contributed by atoms with E-state index in [0.717, 1.165) is 56.4 Å². The number of aromatic nitrogens is 2. The average Bonchev–Trinajstić information content (AvgIpc) is 3.37. The highest BCUT2D eigenvalue weighted by Crippen LogP contribution is 2.26. The van der Waals surface area contributed by atoms with Crippen LogP contribution >= 0.6 is 22.9 Å². The Morgan fingerprint density at radius 3 is 2.55 bits per heavy atom. The number of Topliss-reactive ketones (excluding diaryl/α,β-unsaturated/α-hetero) is 1. The molecule has 0 amide bonds. The number of sulfone groups is 1. The molecule has 2 aromatic heterocycles. The van der Waals surface area contributed by atoms with Gasteiger partial charge in [0, 0.05) is 38.3 Å². The lowest BCUT2D eigenvalue weighted by molar-refractivity contribution is -0.116. The van der Waals surface area contributed by atoms with Crippen LogP contribution in [0, 0.1) is 6.92 Å². The molecule has 1 aliphatic heterocycles. The maximum absolute atomic E-state index is 13.4. The van der Waals surface area contributed by atoms with Crippen LogP contribution in [0.4, 0.5) is 5.69 Å². The second kappa shape index (κ2) is 12.2. The largest absolute Gasteiger partial charge is 0.384 e. The van der Waals surface area contributed by atoms with Crippen LogP contribution in [0.15, 0.2) is 63.6 Å². The van der Waals surface area contributed by atoms with Gasteiger partial charge in [0.25, 0.3) is 5.56 Å². The summed E-state index contributed by atoms with van der Waals surface area (Å²) < 4.78 is 32.3. The van der Waals surface area contributed by atoms with E-state index in [0.29, 0.717) is 32.3 Å². The van der Waals surface area contributed by atoms with Crippen molar-refractivity contribution in [3.8, 4) is 5.69 Å². The number of ether oxygens (including phenoxy) is 1. The zero-order valence-corrected chi connectivity index (χ0v) is 24.3. The van der Waals surface area contributed by atoms with Gasteiger partial charge in [0.1, 0.15) is 15.8 Å². The van der Waals surface area contributed by atoms with E-state index in [1.54, 1.807) is 37.3 Å². The van der Waals surface area contributed by atoms with Crippen molar-refractivity contribution in [2.24, 2.45) is 0 Å². The lowest BCUT2D eigenvalue weighted by Crippen LogP contribution is -2.39. The van der Waals surface area contributed by atoms with Crippen LogP contribution in [0.5, 0.6) is 0 Å².